The molecule has 6 heteroatoms. The normalized spacial score (nSPS) is 10.9. The molecule has 1 heterocycles. The van der Waals surface area contributed by atoms with Gasteiger partial charge in [0.1, 0.15) is 11.0 Å². The van der Waals surface area contributed by atoms with Crippen molar-refractivity contribution in [3.05, 3.63) is 96.1 Å². The third kappa shape index (κ3) is 4.60. The molecule has 0 saturated carbocycles. The van der Waals surface area contributed by atoms with Crippen LogP contribution in [-0.2, 0) is 4.79 Å². The predicted molar refractivity (Wildman–Crippen MR) is 111 cm³/mol. The molecular weight excluding hydrogens is 364 g/mol. The second-order valence-corrected chi connectivity index (χ2v) is 6.74. The van der Waals surface area contributed by atoms with E-state index in [4.69, 9.17) is 4.84 Å². The standard InChI is InChI=1S/C23H22N4O2/c28-23(17-29-27-22-14-8-7-13-21(22)25-26-27)24-16-15-20(18-9-3-1-4-10-18)19-11-5-2-6-12-19/h1-14,20H,15-17H2,(H,24,28). The Morgan fingerprint density at radius 3 is 2.21 bits per heavy atom. The van der Waals surface area contributed by atoms with Gasteiger partial charge in [0.15, 0.2) is 6.61 Å². The largest absolute Gasteiger partial charge is 0.385 e. The molecule has 1 aromatic heterocycles. The topological polar surface area (TPSA) is 69.0 Å². The van der Waals surface area contributed by atoms with Crippen molar-refractivity contribution in [2.24, 2.45) is 0 Å². The first-order chi connectivity index (χ1) is 14.3. The van der Waals surface area contributed by atoms with Crippen LogP contribution in [0.3, 0.4) is 0 Å². The molecule has 0 atom stereocenters. The molecule has 0 saturated heterocycles. The fraction of sp³-hybridized carbons (Fsp3) is 0.174. The first-order valence-corrected chi connectivity index (χ1v) is 9.61. The van der Waals surface area contributed by atoms with Gasteiger partial charge in [0.25, 0.3) is 5.91 Å². The molecule has 6 nitrogen and oxygen atoms in total. The summed E-state index contributed by atoms with van der Waals surface area (Å²) in [5.74, 6) is 0.0299. The van der Waals surface area contributed by atoms with Crippen molar-refractivity contribution >= 4 is 16.9 Å². The number of carbonyl (C=O) groups excluding carboxylic acids is 1. The van der Waals surface area contributed by atoms with Crippen LogP contribution in [0.2, 0.25) is 0 Å². The van der Waals surface area contributed by atoms with Crippen LogP contribution in [0.1, 0.15) is 23.5 Å². The Hall–Kier alpha value is -3.67. The van der Waals surface area contributed by atoms with E-state index in [0.717, 1.165) is 17.5 Å². The van der Waals surface area contributed by atoms with Crippen LogP contribution in [0.15, 0.2) is 84.9 Å². The number of rotatable bonds is 8. The first-order valence-electron chi connectivity index (χ1n) is 9.61. The van der Waals surface area contributed by atoms with Gasteiger partial charge >= 0.3 is 0 Å². The third-order valence-electron chi connectivity index (χ3n) is 4.80. The van der Waals surface area contributed by atoms with E-state index in [1.54, 1.807) is 0 Å². The van der Waals surface area contributed by atoms with Crippen LogP contribution >= 0.6 is 0 Å². The highest BCUT2D eigenvalue weighted by molar-refractivity contribution is 5.77. The SMILES string of the molecule is O=C(COn1nnc2ccccc21)NCCC(c1ccccc1)c1ccccc1. The number of para-hydroxylation sites is 1. The highest BCUT2D eigenvalue weighted by Gasteiger charge is 2.14. The van der Waals surface area contributed by atoms with Crippen molar-refractivity contribution in [3.63, 3.8) is 0 Å². The van der Waals surface area contributed by atoms with Gasteiger partial charge in [-0.25, -0.2) is 0 Å². The molecule has 0 bridgehead atoms. The zero-order valence-electron chi connectivity index (χ0n) is 15.9. The summed E-state index contributed by atoms with van der Waals surface area (Å²) in [4.78, 5) is 19.0. The molecule has 1 amide bonds. The second kappa shape index (κ2) is 9.01. The maximum absolute atomic E-state index is 12.2. The van der Waals surface area contributed by atoms with Gasteiger partial charge in [-0.1, -0.05) is 77.6 Å². The Bertz CT molecular complexity index is 1020. The Balaban J connectivity index is 1.33. The summed E-state index contributed by atoms with van der Waals surface area (Å²) in [7, 11) is 0. The van der Waals surface area contributed by atoms with Crippen LogP contribution in [0.4, 0.5) is 0 Å². The van der Waals surface area contributed by atoms with Crippen LogP contribution < -0.4 is 10.2 Å². The van der Waals surface area contributed by atoms with Crippen LogP contribution in [0.25, 0.3) is 11.0 Å². The fourth-order valence-electron chi connectivity index (χ4n) is 3.37. The molecule has 0 aliphatic carbocycles. The van der Waals surface area contributed by atoms with Crippen molar-refractivity contribution in [2.75, 3.05) is 13.2 Å². The van der Waals surface area contributed by atoms with E-state index in [0.29, 0.717) is 6.54 Å². The first kappa shape index (κ1) is 18.7. The molecular formula is C23H22N4O2. The molecule has 0 aliphatic rings. The molecule has 0 aliphatic heterocycles. The molecule has 4 rings (SSSR count). The smallest absolute Gasteiger partial charge is 0.260 e. The number of nitrogens with zero attached hydrogens (tertiary/aromatic N) is 3. The molecule has 29 heavy (non-hydrogen) atoms. The molecule has 3 aromatic carbocycles. The Morgan fingerprint density at radius 2 is 1.52 bits per heavy atom. The van der Waals surface area contributed by atoms with Gasteiger partial charge in [-0.2, -0.15) is 0 Å². The molecule has 0 radical (unpaired) electrons. The summed E-state index contributed by atoms with van der Waals surface area (Å²) in [5.41, 5.74) is 3.92. The molecule has 4 aromatic rings. The lowest BCUT2D eigenvalue weighted by Crippen LogP contribution is -2.33. The predicted octanol–water partition coefficient (Wildman–Crippen LogP) is 3.20. The van der Waals surface area contributed by atoms with E-state index in [2.05, 4.69) is 39.9 Å². The van der Waals surface area contributed by atoms with Gasteiger partial charge in [-0.15, -0.1) is 5.10 Å². The van der Waals surface area contributed by atoms with Crippen LogP contribution in [-0.4, -0.2) is 34.2 Å². The van der Waals surface area contributed by atoms with Crippen molar-refractivity contribution in [1.29, 1.82) is 0 Å². The molecule has 0 fully saturated rings. The number of benzene rings is 3. The number of nitrogens with one attached hydrogen (secondary N) is 1. The van der Waals surface area contributed by atoms with Gasteiger partial charge < -0.3 is 10.2 Å². The maximum Gasteiger partial charge on any atom is 0.260 e. The van der Waals surface area contributed by atoms with Crippen molar-refractivity contribution in [2.45, 2.75) is 12.3 Å². The number of carbonyl (C=O) groups is 1. The highest BCUT2D eigenvalue weighted by Crippen LogP contribution is 2.27. The van der Waals surface area contributed by atoms with Crippen molar-refractivity contribution < 1.29 is 9.63 Å². The monoisotopic (exact) mass is 386 g/mol. The van der Waals surface area contributed by atoms with E-state index >= 15 is 0 Å². The van der Waals surface area contributed by atoms with Crippen LogP contribution in [0.5, 0.6) is 0 Å². The summed E-state index contributed by atoms with van der Waals surface area (Å²) < 4.78 is 0. The quantitative estimate of drug-likeness (QED) is 0.505. The minimum Gasteiger partial charge on any atom is -0.385 e. The van der Waals surface area contributed by atoms with Crippen LogP contribution in [0, 0.1) is 0 Å². The van der Waals surface area contributed by atoms with E-state index in [1.165, 1.54) is 16.0 Å². The minimum absolute atomic E-state index is 0.116. The number of aromatic nitrogens is 3. The van der Waals surface area contributed by atoms with E-state index in [-0.39, 0.29) is 18.4 Å². The Morgan fingerprint density at radius 1 is 0.897 bits per heavy atom. The molecule has 1 N–H and O–H groups in total. The van der Waals surface area contributed by atoms with Gasteiger partial charge in [0.05, 0.1) is 0 Å². The maximum atomic E-state index is 12.2. The summed E-state index contributed by atoms with van der Waals surface area (Å²) >= 11 is 0. The van der Waals surface area contributed by atoms with E-state index in [9.17, 15) is 4.79 Å². The number of fused-ring (bicyclic) bond motifs is 1. The molecule has 0 spiro atoms. The highest BCUT2D eigenvalue weighted by atomic mass is 16.7. The van der Waals surface area contributed by atoms with E-state index < -0.39 is 0 Å². The van der Waals surface area contributed by atoms with E-state index in [1.807, 2.05) is 60.7 Å². The van der Waals surface area contributed by atoms with Gasteiger partial charge in [-0.05, 0) is 34.9 Å². The van der Waals surface area contributed by atoms with Gasteiger partial charge in [0, 0.05) is 12.5 Å². The lowest BCUT2D eigenvalue weighted by molar-refractivity contribution is -0.126. The van der Waals surface area contributed by atoms with Crippen molar-refractivity contribution in [3.8, 4) is 0 Å². The van der Waals surface area contributed by atoms with Crippen molar-refractivity contribution in [1.82, 2.24) is 20.5 Å². The fourth-order valence-corrected chi connectivity index (χ4v) is 3.37. The minimum atomic E-state index is -0.190. The van der Waals surface area contributed by atoms with Gasteiger partial charge in [-0.3, -0.25) is 4.79 Å². The lowest BCUT2D eigenvalue weighted by Gasteiger charge is -2.18. The number of hydrogen-bond acceptors (Lipinski definition) is 4. The average Bonchev–Trinajstić information content (AvgIpc) is 3.20. The average molecular weight is 386 g/mol. The van der Waals surface area contributed by atoms with Gasteiger partial charge in [0.2, 0.25) is 0 Å². The summed E-state index contributed by atoms with van der Waals surface area (Å²) in [6.45, 7) is 0.434. The Kier molecular flexibility index (Phi) is 5.81. The third-order valence-corrected chi connectivity index (χ3v) is 4.80. The molecule has 0 unspecified atom stereocenters. The Labute approximate surface area is 169 Å². The number of hydrogen-bond donors (Lipinski definition) is 1. The summed E-state index contributed by atoms with van der Waals surface area (Å²) in [6, 6.07) is 28.1. The zero-order chi connectivity index (χ0) is 19.9. The summed E-state index contributed by atoms with van der Waals surface area (Å²) in [5, 5.41) is 10.9. The lowest BCUT2D eigenvalue weighted by atomic mass is 9.88. The second-order valence-electron chi connectivity index (χ2n) is 6.74. The summed E-state index contributed by atoms with van der Waals surface area (Å²) in [6.07, 6.45) is 0.798. The number of amides is 1. The zero-order valence-corrected chi connectivity index (χ0v) is 15.9. The molecule has 146 valence electrons.